The Bertz CT molecular complexity index is 316. The summed E-state index contributed by atoms with van der Waals surface area (Å²) in [6, 6.07) is 8.89. The predicted octanol–water partition coefficient (Wildman–Crippen LogP) is 2.93. The number of piperidine rings is 1. The lowest BCUT2D eigenvalue weighted by atomic mass is 9.77. The van der Waals surface area contributed by atoms with Gasteiger partial charge in [0.2, 0.25) is 0 Å². The molecule has 0 aliphatic carbocycles. The van der Waals surface area contributed by atoms with E-state index < -0.39 is 0 Å². The number of benzene rings is 1. The van der Waals surface area contributed by atoms with Crippen molar-refractivity contribution in [2.75, 3.05) is 13.1 Å². The highest BCUT2D eigenvalue weighted by atomic mass is 127. The van der Waals surface area contributed by atoms with E-state index in [0.717, 1.165) is 6.54 Å². The van der Waals surface area contributed by atoms with Crippen LogP contribution < -0.4 is 5.32 Å². The van der Waals surface area contributed by atoms with Crippen molar-refractivity contribution >= 4 is 22.6 Å². The van der Waals surface area contributed by atoms with Gasteiger partial charge in [-0.25, -0.2) is 0 Å². The fourth-order valence-corrected chi connectivity index (χ4v) is 2.71. The Labute approximate surface area is 99.4 Å². The van der Waals surface area contributed by atoms with E-state index in [1.165, 1.54) is 28.5 Å². The summed E-state index contributed by atoms with van der Waals surface area (Å²) in [7, 11) is 0. The second kappa shape index (κ2) is 4.19. The van der Waals surface area contributed by atoms with Crippen LogP contribution in [0.5, 0.6) is 0 Å². The molecule has 1 aliphatic rings. The zero-order valence-electron chi connectivity index (χ0n) is 8.52. The summed E-state index contributed by atoms with van der Waals surface area (Å²) in [5.41, 5.74) is 1.83. The zero-order valence-corrected chi connectivity index (χ0v) is 10.7. The molecule has 76 valence electrons. The highest BCUT2D eigenvalue weighted by Gasteiger charge is 2.28. The lowest BCUT2D eigenvalue weighted by molar-refractivity contribution is 0.339. The van der Waals surface area contributed by atoms with E-state index in [9.17, 15) is 0 Å². The van der Waals surface area contributed by atoms with Gasteiger partial charge in [-0.1, -0.05) is 19.1 Å². The van der Waals surface area contributed by atoms with Gasteiger partial charge in [-0.2, -0.15) is 0 Å². The molecule has 1 nitrogen and oxygen atoms in total. The summed E-state index contributed by atoms with van der Waals surface area (Å²) in [6.07, 6.45) is 2.60. The minimum Gasteiger partial charge on any atom is -0.316 e. The summed E-state index contributed by atoms with van der Waals surface area (Å²) in [6.45, 7) is 4.66. The molecule has 0 saturated carbocycles. The van der Waals surface area contributed by atoms with Crippen LogP contribution in [0.15, 0.2) is 24.3 Å². The first-order valence-corrected chi connectivity index (χ1v) is 6.25. The van der Waals surface area contributed by atoms with E-state index in [1.807, 2.05) is 0 Å². The van der Waals surface area contributed by atoms with Crippen molar-refractivity contribution in [3.8, 4) is 0 Å². The molecule has 0 spiro atoms. The van der Waals surface area contributed by atoms with Crippen LogP contribution in [0, 0.1) is 3.57 Å². The number of hydrogen-bond donors (Lipinski definition) is 1. The Balaban J connectivity index is 2.28. The van der Waals surface area contributed by atoms with Crippen LogP contribution in [0.4, 0.5) is 0 Å². The van der Waals surface area contributed by atoms with Gasteiger partial charge in [0.25, 0.3) is 0 Å². The molecule has 1 unspecified atom stereocenters. The molecule has 0 radical (unpaired) electrons. The van der Waals surface area contributed by atoms with Crippen molar-refractivity contribution in [2.24, 2.45) is 0 Å². The molecule has 0 aromatic heterocycles. The van der Waals surface area contributed by atoms with Gasteiger partial charge in [0.05, 0.1) is 0 Å². The first-order chi connectivity index (χ1) is 6.71. The van der Waals surface area contributed by atoms with E-state index in [4.69, 9.17) is 0 Å². The Hall–Kier alpha value is -0.0900. The number of hydrogen-bond acceptors (Lipinski definition) is 1. The molecule has 1 aliphatic heterocycles. The molecular weight excluding hydrogens is 285 g/mol. The number of nitrogens with one attached hydrogen (secondary N) is 1. The van der Waals surface area contributed by atoms with Crippen molar-refractivity contribution in [3.63, 3.8) is 0 Å². The van der Waals surface area contributed by atoms with Gasteiger partial charge in [0, 0.05) is 15.5 Å². The average molecular weight is 301 g/mol. The highest BCUT2D eigenvalue weighted by Crippen LogP contribution is 2.31. The maximum Gasteiger partial charge on any atom is 0.0133 e. The van der Waals surface area contributed by atoms with E-state index in [1.54, 1.807) is 0 Å². The Morgan fingerprint density at radius 3 is 2.93 bits per heavy atom. The molecule has 1 N–H and O–H groups in total. The topological polar surface area (TPSA) is 12.0 Å². The van der Waals surface area contributed by atoms with Gasteiger partial charge in [0.1, 0.15) is 0 Å². The molecule has 14 heavy (non-hydrogen) atoms. The van der Waals surface area contributed by atoms with Crippen LogP contribution in [-0.4, -0.2) is 13.1 Å². The largest absolute Gasteiger partial charge is 0.316 e. The van der Waals surface area contributed by atoms with Gasteiger partial charge < -0.3 is 5.32 Å². The quantitative estimate of drug-likeness (QED) is 0.787. The van der Waals surface area contributed by atoms with Crippen molar-refractivity contribution in [2.45, 2.75) is 25.2 Å². The fourth-order valence-electron chi connectivity index (χ4n) is 2.17. The maximum absolute atomic E-state index is 3.49. The van der Waals surface area contributed by atoms with Crippen LogP contribution in [0.1, 0.15) is 25.3 Å². The van der Waals surface area contributed by atoms with Gasteiger partial charge in [-0.05, 0) is 59.7 Å². The van der Waals surface area contributed by atoms with Crippen molar-refractivity contribution < 1.29 is 0 Å². The lowest BCUT2D eigenvalue weighted by Gasteiger charge is -2.34. The third-order valence-corrected chi connectivity index (χ3v) is 3.79. The van der Waals surface area contributed by atoms with Crippen LogP contribution in [0.3, 0.4) is 0 Å². The number of halogens is 1. The van der Waals surface area contributed by atoms with E-state index in [2.05, 4.69) is 59.1 Å². The summed E-state index contributed by atoms with van der Waals surface area (Å²) in [5.74, 6) is 0. The van der Waals surface area contributed by atoms with E-state index in [0.29, 0.717) is 5.41 Å². The molecule has 1 fully saturated rings. The second-order valence-corrected chi connectivity index (χ2v) is 5.60. The van der Waals surface area contributed by atoms with Crippen LogP contribution >= 0.6 is 22.6 Å². The van der Waals surface area contributed by atoms with Crippen LogP contribution in [0.25, 0.3) is 0 Å². The van der Waals surface area contributed by atoms with Crippen LogP contribution in [0.2, 0.25) is 0 Å². The van der Waals surface area contributed by atoms with Crippen molar-refractivity contribution in [1.29, 1.82) is 0 Å². The third kappa shape index (κ3) is 2.11. The molecule has 2 rings (SSSR count). The normalized spacial score (nSPS) is 27.6. The first-order valence-electron chi connectivity index (χ1n) is 5.17. The first kappa shape index (κ1) is 10.4. The summed E-state index contributed by atoms with van der Waals surface area (Å²) < 4.78 is 1.34. The van der Waals surface area contributed by atoms with Gasteiger partial charge in [-0.15, -0.1) is 0 Å². The minimum atomic E-state index is 0.347. The molecule has 0 bridgehead atoms. The molecule has 1 saturated heterocycles. The Morgan fingerprint density at radius 2 is 2.29 bits per heavy atom. The molecular formula is C12H16IN. The Kier molecular flexibility index (Phi) is 3.12. The standard InChI is InChI=1S/C12H16IN/c1-12(6-3-7-14-9-12)10-4-2-5-11(13)8-10/h2,4-5,8,14H,3,6-7,9H2,1H3. The van der Waals surface area contributed by atoms with Crippen molar-refractivity contribution in [1.82, 2.24) is 5.32 Å². The molecule has 1 aromatic carbocycles. The number of rotatable bonds is 1. The summed E-state index contributed by atoms with van der Waals surface area (Å²) in [4.78, 5) is 0. The molecule has 1 heterocycles. The van der Waals surface area contributed by atoms with Gasteiger partial charge in [-0.3, -0.25) is 0 Å². The van der Waals surface area contributed by atoms with Crippen molar-refractivity contribution in [3.05, 3.63) is 33.4 Å². The SMILES string of the molecule is CC1(c2cccc(I)c2)CCCNC1. The Morgan fingerprint density at radius 1 is 1.43 bits per heavy atom. The second-order valence-electron chi connectivity index (χ2n) is 4.35. The monoisotopic (exact) mass is 301 g/mol. The van der Waals surface area contributed by atoms with E-state index in [-0.39, 0.29) is 0 Å². The summed E-state index contributed by atoms with van der Waals surface area (Å²) >= 11 is 2.39. The highest BCUT2D eigenvalue weighted by molar-refractivity contribution is 14.1. The zero-order chi connectivity index (χ0) is 10.0. The third-order valence-electron chi connectivity index (χ3n) is 3.12. The minimum absolute atomic E-state index is 0.347. The van der Waals surface area contributed by atoms with E-state index >= 15 is 0 Å². The molecule has 1 aromatic rings. The van der Waals surface area contributed by atoms with Crippen LogP contribution in [-0.2, 0) is 5.41 Å². The smallest absolute Gasteiger partial charge is 0.0133 e. The summed E-state index contributed by atoms with van der Waals surface area (Å²) in [5, 5.41) is 3.49. The predicted molar refractivity (Wildman–Crippen MR) is 68.6 cm³/mol. The lowest BCUT2D eigenvalue weighted by Crippen LogP contribution is -2.41. The average Bonchev–Trinajstić information content (AvgIpc) is 2.19. The van der Waals surface area contributed by atoms with Gasteiger partial charge >= 0.3 is 0 Å². The molecule has 2 heteroatoms. The van der Waals surface area contributed by atoms with Gasteiger partial charge in [0.15, 0.2) is 0 Å². The fraction of sp³-hybridized carbons (Fsp3) is 0.500. The molecule has 0 amide bonds. The molecule has 1 atom stereocenters. The maximum atomic E-state index is 3.49.